The van der Waals surface area contributed by atoms with Crippen LogP contribution in [0.2, 0.25) is 0 Å². The van der Waals surface area contributed by atoms with Gasteiger partial charge >= 0.3 is 5.97 Å². The number of rotatable bonds is 8. The van der Waals surface area contributed by atoms with Gasteiger partial charge in [-0.05, 0) is 25.8 Å². The third-order valence-corrected chi connectivity index (χ3v) is 3.34. The minimum atomic E-state index is -1.21. The molecule has 0 N–H and O–H groups in total. The molecule has 0 bridgehead atoms. The van der Waals surface area contributed by atoms with Crippen LogP contribution >= 0.6 is 0 Å². The molecule has 1 radical (unpaired) electrons. The van der Waals surface area contributed by atoms with Gasteiger partial charge in [0.1, 0.15) is 5.75 Å². The van der Waals surface area contributed by atoms with Crippen molar-refractivity contribution < 1.29 is 19.0 Å². The second-order valence-electron chi connectivity index (χ2n) is 4.92. The smallest absolute Gasteiger partial charge is 0.335 e. The van der Waals surface area contributed by atoms with Crippen molar-refractivity contribution in [3.8, 4) is 5.75 Å². The summed E-state index contributed by atoms with van der Waals surface area (Å²) in [6.07, 6.45) is 3.49. The van der Waals surface area contributed by atoms with Crippen LogP contribution in [0.15, 0.2) is 24.3 Å². The van der Waals surface area contributed by atoms with Gasteiger partial charge in [-0.3, -0.25) is 0 Å². The molecule has 1 aromatic rings. The lowest BCUT2D eigenvalue weighted by atomic mass is 10.2. The normalized spacial score (nSPS) is 19.1. The Balaban J connectivity index is 1.97. The van der Waals surface area contributed by atoms with Crippen molar-refractivity contribution in [1.29, 1.82) is 0 Å². The number of ether oxygens (including phenoxy) is 3. The van der Waals surface area contributed by atoms with Crippen molar-refractivity contribution in [2.45, 2.75) is 32.2 Å². The maximum absolute atomic E-state index is 5.94. The average Bonchev–Trinajstić information content (AvgIpc) is 2.55. The highest BCUT2D eigenvalue weighted by Gasteiger charge is 2.37. The topological polar surface area (TPSA) is 40.2 Å². The highest BCUT2D eigenvalue weighted by Crippen LogP contribution is 2.21. The zero-order chi connectivity index (χ0) is 15.0. The number of para-hydroxylation sites is 1. The summed E-state index contributed by atoms with van der Waals surface area (Å²) in [5.74, 6) is -0.573. The summed E-state index contributed by atoms with van der Waals surface area (Å²) in [4.78, 5) is 5.94. The first-order valence-corrected chi connectivity index (χ1v) is 7.51. The quantitative estimate of drug-likeness (QED) is 0.689. The summed E-state index contributed by atoms with van der Waals surface area (Å²) in [5.41, 5.74) is 0. The minimum Gasteiger partial charge on any atom is -0.484 e. The third kappa shape index (κ3) is 4.97. The summed E-state index contributed by atoms with van der Waals surface area (Å²) < 4.78 is 16.9. The number of hydroxylamine groups is 2. The minimum absolute atomic E-state index is 0.147. The third-order valence-electron chi connectivity index (χ3n) is 3.34. The van der Waals surface area contributed by atoms with Crippen molar-refractivity contribution in [2.24, 2.45) is 0 Å². The Morgan fingerprint density at radius 3 is 2.67 bits per heavy atom. The Kier molecular flexibility index (Phi) is 6.45. The van der Waals surface area contributed by atoms with Gasteiger partial charge in [0, 0.05) is 32.9 Å². The van der Waals surface area contributed by atoms with Crippen LogP contribution in [0.25, 0.3) is 0 Å². The fourth-order valence-electron chi connectivity index (χ4n) is 2.26. The molecule has 117 valence electrons. The molecule has 0 aromatic heterocycles. The van der Waals surface area contributed by atoms with Crippen LogP contribution in [-0.4, -0.2) is 44.4 Å². The fraction of sp³-hybridized carbons (Fsp3) is 0.625. The molecule has 1 aromatic carbocycles. The summed E-state index contributed by atoms with van der Waals surface area (Å²) in [6, 6.07) is 10.4. The lowest BCUT2D eigenvalue weighted by Gasteiger charge is -2.36. The Bertz CT molecular complexity index is 395. The fourth-order valence-corrected chi connectivity index (χ4v) is 2.26. The molecular formula is C16H24NO4. The Hall–Kier alpha value is -1.14. The Labute approximate surface area is 126 Å². The molecule has 2 rings (SSSR count). The van der Waals surface area contributed by atoms with E-state index in [2.05, 4.69) is 6.07 Å². The predicted molar refractivity (Wildman–Crippen MR) is 78.6 cm³/mol. The number of piperidine rings is 1. The molecule has 1 aliphatic heterocycles. The van der Waals surface area contributed by atoms with E-state index in [1.807, 2.05) is 30.2 Å². The SMILES string of the molecule is CCOC(COc1[c]cccc1)(OC)ON1CCCCC1. The maximum Gasteiger partial charge on any atom is 0.335 e. The molecule has 0 aliphatic carbocycles. The molecule has 1 atom stereocenters. The molecule has 1 aliphatic rings. The number of methoxy groups -OCH3 is 1. The Morgan fingerprint density at radius 1 is 1.24 bits per heavy atom. The molecule has 5 heteroatoms. The van der Waals surface area contributed by atoms with Crippen LogP contribution in [0, 0.1) is 6.07 Å². The van der Waals surface area contributed by atoms with Gasteiger partial charge in [0.2, 0.25) is 0 Å². The zero-order valence-corrected chi connectivity index (χ0v) is 12.8. The lowest BCUT2D eigenvalue weighted by molar-refractivity contribution is -0.449. The highest BCUT2D eigenvalue weighted by molar-refractivity contribution is 5.19. The summed E-state index contributed by atoms with van der Waals surface area (Å²) in [5, 5.41) is 1.90. The van der Waals surface area contributed by atoms with Crippen LogP contribution in [0.5, 0.6) is 5.75 Å². The number of nitrogens with zero attached hydrogens (tertiary/aromatic N) is 1. The number of benzene rings is 1. The zero-order valence-electron chi connectivity index (χ0n) is 12.8. The first kappa shape index (κ1) is 16.2. The molecular weight excluding hydrogens is 270 g/mol. The molecule has 21 heavy (non-hydrogen) atoms. The standard InChI is InChI=1S/C16H24NO4/c1-3-20-16(18-2,21-17-12-8-5-9-13-17)14-19-15-10-6-4-7-11-15/h4,6-7,10H,3,5,8-9,12-14H2,1-2H3. The van der Waals surface area contributed by atoms with Crippen LogP contribution in [0.4, 0.5) is 0 Å². The van der Waals surface area contributed by atoms with Gasteiger partial charge in [-0.25, -0.2) is 4.84 Å². The lowest BCUT2D eigenvalue weighted by Crippen LogP contribution is -2.50. The average molecular weight is 294 g/mol. The Morgan fingerprint density at radius 2 is 2.05 bits per heavy atom. The van der Waals surface area contributed by atoms with Crippen molar-refractivity contribution in [3.63, 3.8) is 0 Å². The van der Waals surface area contributed by atoms with E-state index in [1.54, 1.807) is 13.2 Å². The summed E-state index contributed by atoms with van der Waals surface area (Å²) in [7, 11) is 1.57. The molecule has 1 heterocycles. The van der Waals surface area contributed by atoms with Crippen LogP contribution < -0.4 is 4.74 Å². The molecule has 0 amide bonds. The van der Waals surface area contributed by atoms with E-state index in [1.165, 1.54) is 6.42 Å². The number of hydrogen-bond acceptors (Lipinski definition) is 5. The van der Waals surface area contributed by atoms with Gasteiger partial charge in [-0.2, -0.15) is 5.06 Å². The molecule has 1 fully saturated rings. The van der Waals surface area contributed by atoms with E-state index >= 15 is 0 Å². The van der Waals surface area contributed by atoms with E-state index in [-0.39, 0.29) is 6.61 Å². The van der Waals surface area contributed by atoms with E-state index in [4.69, 9.17) is 19.0 Å². The molecule has 0 spiro atoms. The first-order chi connectivity index (χ1) is 10.3. The molecule has 1 saturated heterocycles. The second kappa shape index (κ2) is 8.34. The first-order valence-electron chi connectivity index (χ1n) is 7.51. The molecule has 1 unspecified atom stereocenters. The van der Waals surface area contributed by atoms with Crippen LogP contribution in [0.1, 0.15) is 26.2 Å². The van der Waals surface area contributed by atoms with Crippen molar-refractivity contribution >= 4 is 0 Å². The van der Waals surface area contributed by atoms with Gasteiger partial charge in [-0.1, -0.05) is 24.6 Å². The van der Waals surface area contributed by atoms with Crippen molar-refractivity contribution in [3.05, 3.63) is 30.3 Å². The second-order valence-corrected chi connectivity index (χ2v) is 4.92. The van der Waals surface area contributed by atoms with Crippen LogP contribution in [0.3, 0.4) is 0 Å². The van der Waals surface area contributed by atoms with E-state index in [0.29, 0.717) is 12.4 Å². The highest BCUT2D eigenvalue weighted by atomic mass is 16.9. The van der Waals surface area contributed by atoms with Gasteiger partial charge in [0.15, 0.2) is 6.61 Å². The van der Waals surface area contributed by atoms with Crippen molar-refractivity contribution in [1.82, 2.24) is 5.06 Å². The largest absolute Gasteiger partial charge is 0.484 e. The predicted octanol–water partition coefficient (Wildman–Crippen LogP) is 2.62. The summed E-state index contributed by atoms with van der Waals surface area (Å²) >= 11 is 0. The summed E-state index contributed by atoms with van der Waals surface area (Å²) in [6.45, 7) is 4.30. The van der Waals surface area contributed by atoms with Gasteiger partial charge < -0.3 is 14.2 Å². The monoisotopic (exact) mass is 294 g/mol. The van der Waals surface area contributed by atoms with E-state index in [0.717, 1.165) is 25.9 Å². The maximum atomic E-state index is 5.94. The van der Waals surface area contributed by atoms with E-state index < -0.39 is 5.97 Å². The van der Waals surface area contributed by atoms with Crippen LogP contribution in [-0.2, 0) is 14.3 Å². The van der Waals surface area contributed by atoms with Gasteiger partial charge in [0.25, 0.3) is 0 Å². The number of hydrogen-bond donors (Lipinski definition) is 0. The van der Waals surface area contributed by atoms with Crippen molar-refractivity contribution in [2.75, 3.05) is 33.4 Å². The van der Waals surface area contributed by atoms with E-state index in [9.17, 15) is 0 Å². The molecule has 5 nitrogen and oxygen atoms in total. The van der Waals surface area contributed by atoms with Gasteiger partial charge in [-0.15, -0.1) is 0 Å². The van der Waals surface area contributed by atoms with Gasteiger partial charge in [0.05, 0.1) is 0 Å². The molecule has 0 saturated carbocycles.